The number of hydrogen-bond donors (Lipinski definition) is 1. The molecule has 0 spiro atoms. The molecule has 1 saturated heterocycles. The highest BCUT2D eigenvalue weighted by Crippen LogP contribution is 2.30. The van der Waals surface area contributed by atoms with Crippen molar-refractivity contribution in [3.8, 4) is 0 Å². The number of aryl methyl sites for hydroxylation is 4. The Morgan fingerprint density at radius 2 is 1.89 bits per heavy atom. The van der Waals surface area contributed by atoms with Gasteiger partial charge in [0.2, 0.25) is 15.9 Å². The molecule has 0 saturated carbocycles. The first-order valence-corrected chi connectivity index (χ1v) is 13.0. The van der Waals surface area contributed by atoms with E-state index in [9.17, 15) is 13.2 Å². The van der Waals surface area contributed by atoms with E-state index in [2.05, 4.69) is 15.5 Å². The van der Waals surface area contributed by atoms with E-state index in [0.717, 1.165) is 22.3 Å². The quantitative estimate of drug-likeness (QED) is 0.540. The molecule has 3 heterocycles. The SMILES string of the molecule is Cc1ccnc(NC(=O)[C@H]2CCCN(S(=O)(=O)c3c(C)noc3/C=C/c3cc(C)ccc3C)C2)c1. The van der Waals surface area contributed by atoms with Crippen molar-refractivity contribution in [1.82, 2.24) is 14.4 Å². The van der Waals surface area contributed by atoms with Crippen LogP contribution < -0.4 is 5.32 Å². The molecule has 4 rings (SSSR count). The second-order valence-corrected chi connectivity index (χ2v) is 10.9. The molecule has 1 aromatic carbocycles. The van der Waals surface area contributed by atoms with Crippen LogP contribution in [0.1, 0.15) is 46.5 Å². The number of aromatic nitrogens is 2. The van der Waals surface area contributed by atoms with Gasteiger partial charge < -0.3 is 9.84 Å². The minimum atomic E-state index is -3.92. The van der Waals surface area contributed by atoms with Crippen LogP contribution in [0.5, 0.6) is 0 Å². The van der Waals surface area contributed by atoms with Crippen molar-refractivity contribution in [1.29, 1.82) is 0 Å². The Balaban J connectivity index is 1.55. The third kappa shape index (κ3) is 5.52. The van der Waals surface area contributed by atoms with Gasteiger partial charge in [0.05, 0.1) is 5.92 Å². The standard InChI is InChI=1S/C26H30N4O4S/c1-17-7-8-19(3)21(14-17)9-10-23-25(20(4)29-34-23)35(32,33)30-13-5-6-22(16-30)26(31)28-24-15-18(2)11-12-27-24/h7-12,14-15,22H,5-6,13,16H2,1-4H3,(H,27,28,31)/b10-9+/t22-/m0/s1. The summed E-state index contributed by atoms with van der Waals surface area (Å²) in [6.07, 6.45) is 6.29. The van der Waals surface area contributed by atoms with E-state index in [0.29, 0.717) is 30.9 Å². The van der Waals surface area contributed by atoms with E-state index in [4.69, 9.17) is 4.52 Å². The van der Waals surface area contributed by atoms with Crippen molar-refractivity contribution >= 4 is 33.9 Å². The number of anilines is 1. The zero-order valence-corrected chi connectivity index (χ0v) is 21.2. The van der Waals surface area contributed by atoms with Crippen LogP contribution in [0.4, 0.5) is 5.82 Å². The van der Waals surface area contributed by atoms with Gasteiger partial charge in [-0.2, -0.15) is 4.31 Å². The number of rotatable bonds is 6. The van der Waals surface area contributed by atoms with E-state index in [-0.39, 0.29) is 23.1 Å². The normalized spacial score (nSPS) is 17.1. The molecule has 1 aliphatic rings. The van der Waals surface area contributed by atoms with Crippen LogP contribution in [0.15, 0.2) is 45.9 Å². The van der Waals surface area contributed by atoms with Gasteiger partial charge in [-0.25, -0.2) is 13.4 Å². The molecule has 9 heteroatoms. The van der Waals surface area contributed by atoms with Crippen molar-refractivity contribution in [3.05, 3.63) is 70.2 Å². The Morgan fingerprint density at radius 1 is 1.11 bits per heavy atom. The van der Waals surface area contributed by atoms with Gasteiger partial charge in [0.15, 0.2) is 10.7 Å². The molecule has 0 radical (unpaired) electrons. The molecule has 0 bridgehead atoms. The van der Waals surface area contributed by atoms with Crippen LogP contribution in [0.3, 0.4) is 0 Å². The fourth-order valence-corrected chi connectivity index (χ4v) is 6.01. The third-order valence-electron chi connectivity index (χ3n) is 6.20. The second-order valence-electron chi connectivity index (χ2n) is 9.06. The van der Waals surface area contributed by atoms with Crippen LogP contribution in [0.25, 0.3) is 12.2 Å². The van der Waals surface area contributed by atoms with Crippen LogP contribution >= 0.6 is 0 Å². The van der Waals surface area contributed by atoms with Crippen molar-refractivity contribution in [3.63, 3.8) is 0 Å². The first-order chi connectivity index (χ1) is 16.6. The van der Waals surface area contributed by atoms with Crippen LogP contribution in [0, 0.1) is 33.6 Å². The minimum Gasteiger partial charge on any atom is -0.355 e. The van der Waals surface area contributed by atoms with Gasteiger partial charge in [0.1, 0.15) is 11.5 Å². The number of hydrogen-bond acceptors (Lipinski definition) is 6. The third-order valence-corrected chi connectivity index (χ3v) is 8.23. The van der Waals surface area contributed by atoms with Gasteiger partial charge >= 0.3 is 0 Å². The van der Waals surface area contributed by atoms with Gasteiger partial charge in [-0.3, -0.25) is 4.79 Å². The fourth-order valence-electron chi connectivity index (χ4n) is 4.24. The lowest BCUT2D eigenvalue weighted by atomic mass is 9.99. The number of sulfonamides is 1. The molecule has 2 aromatic heterocycles. The van der Waals surface area contributed by atoms with Gasteiger partial charge in [-0.1, -0.05) is 35.0 Å². The maximum atomic E-state index is 13.6. The predicted molar refractivity (Wildman–Crippen MR) is 135 cm³/mol. The maximum absolute atomic E-state index is 13.6. The first-order valence-electron chi connectivity index (χ1n) is 11.6. The Labute approximate surface area is 206 Å². The van der Waals surface area contributed by atoms with Crippen molar-refractivity contribution in [2.45, 2.75) is 45.4 Å². The molecule has 1 atom stereocenters. The molecular formula is C26H30N4O4S. The van der Waals surface area contributed by atoms with Crippen LogP contribution in [0.2, 0.25) is 0 Å². The Morgan fingerprint density at radius 3 is 2.66 bits per heavy atom. The number of carbonyl (C=O) groups excluding carboxylic acids is 1. The lowest BCUT2D eigenvalue weighted by Crippen LogP contribution is -2.44. The van der Waals surface area contributed by atoms with Gasteiger partial charge in [-0.15, -0.1) is 0 Å². The summed E-state index contributed by atoms with van der Waals surface area (Å²) < 4.78 is 34.0. The van der Waals surface area contributed by atoms with E-state index in [1.54, 1.807) is 25.3 Å². The molecule has 0 unspecified atom stereocenters. The molecule has 184 valence electrons. The van der Waals surface area contributed by atoms with E-state index in [1.165, 1.54) is 4.31 Å². The monoisotopic (exact) mass is 494 g/mol. The molecule has 0 aliphatic carbocycles. The fraction of sp³-hybridized carbons (Fsp3) is 0.346. The van der Waals surface area contributed by atoms with Gasteiger partial charge in [-0.05, 0) is 75.4 Å². The lowest BCUT2D eigenvalue weighted by Gasteiger charge is -2.31. The highest BCUT2D eigenvalue weighted by molar-refractivity contribution is 7.89. The smallest absolute Gasteiger partial charge is 0.248 e. The number of amides is 1. The molecular weight excluding hydrogens is 464 g/mol. The average molecular weight is 495 g/mol. The first kappa shape index (κ1) is 24.8. The largest absolute Gasteiger partial charge is 0.355 e. The summed E-state index contributed by atoms with van der Waals surface area (Å²) in [4.78, 5) is 17.1. The summed E-state index contributed by atoms with van der Waals surface area (Å²) in [5.74, 6) is -0.0716. The Kier molecular flexibility index (Phi) is 7.18. The van der Waals surface area contributed by atoms with Crippen molar-refractivity contribution < 1.29 is 17.7 Å². The molecule has 1 N–H and O–H groups in total. The minimum absolute atomic E-state index is 0.0421. The maximum Gasteiger partial charge on any atom is 0.248 e. The number of nitrogens with one attached hydrogen (secondary N) is 1. The number of nitrogens with zero attached hydrogens (tertiary/aromatic N) is 3. The van der Waals surface area contributed by atoms with E-state index in [1.807, 2.05) is 51.1 Å². The molecule has 1 aliphatic heterocycles. The summed E-state index contributed by atoms with van der Waals surface area (Å²) in [5, 5.41) is 6.75. The van der Waals surface area contributed by atoms with Crippen molar-refractivity contribution in [2.24, 2.45) is 5.92 Å². The van der Waals surface area contributed by atoms with Gasteiger partial charge in [0, 0.05) is 19.3 Å². The summed E-state index contributed by atoms with van der Waals surface area (Å²) in [5.41, 5.74) is 4.42. The topological polar surface area (TPSA) is 105 Å². The van der Waals surface area contributed by atoms with E-state index >= 15 is 0 Å². The summed E-state index contributed by atoms with van der Waals surface area (Å²) in [6.45, 7) is 7.95. The molecule has 35 heavy (non-hydrogen) atoms. The Bertz CT molecular complexity index is 1380. The van der Waals surface area contributed by atoms with Crippen LogP contribution in [-0.2, 0) is 14.8 Å². The number of benzene rings is 1. The number of piperidine rings is 1. The molecule has 8 nitrogen and oxygen atoms in total. The molecule has 3 aromatic rings. The zero-order valence-electron chi connectivity index (χ0n) is 20.4. The highest BCUT2D eigenvalue weighted by atomic mass is 32.2. The predicted octanol–water partition coefficient (Wildman–Crippen LogP) is 4.51. The molecule has 1 amide bonds. The molecule has 1 fully saturated rings. The average Bonchev–Trinajstić information content (AvgIpc) is 3.21. The second kappa shape index (κ2) is 10.1. The summed E-state index contributed by atoms with van der Waals surface area (Å²) >= 11 is 0. The summed E-state index contributed by atoms with van der Waals surface area (Å²) in [6, 6.07) is 9.70. The van der Waals surface area contributed by atoms with Crippen molar-refractivity contribution in [2.75, 3.05) is 18.4 Å². The van der Waals surface area contributed by atoms with E-state index < -0.39 is 15.9 Å². The number of pyridine rings is 1. The Hall–Kier alpha value is -3.30. The van der Waals surface area contributed by atoms with Gasteiger partial charge in [0.25, 0.3) is 0 Å². The lowest BCUT2D eigenvalue weighted by molar-refractivity contribution is -0.120. The summed E-state index contributed by atoms with van der Waals surface area (Å²) in [7, 11) is -3.92. The van der Waals surface area contributed by atoms with Crippen LogP contribution in [-0.4, -0.2) is 41.9 Å². The number of carbonyl (C=O) groups is 1. The highest BCUT2D eigenvalue weighted by Gasteiger charge is 2.37. The zero-order chi connectivity index (χ0) is 25.2.